The fraction of sp³-hybridized carbons (Fsp3) is 1.00. The largest absolute Gasteiger partial charge is 0.388 e. The van der Waals surface area contributed by atoms with Gasteiger partial charge in [-0.1, -0.05) is 71.1 Å². The Hall–Kier alpha value is -0.0800. The van der Waals surface area contributed by atoms with E-state index in [2.05, 4.69) is 21.0 Å². The topological polar surface area (TPSA) is 20.2 Å². The molecule has 1 atom stereocenters. The molecule has 2 nitrogen and oxygen atoms in total. The molecule has 0 aromatic heterocycles. The van der Waals surface area contributed by atoms with Crippen molar-refractivity contribution < 1.29 is 9.59 Å². The fourth-order valence-electron chi connectivity index (χ4n) is 3.19. The molecule has 0 aliphatic rings. The second-order valence-corrected chi connectivity index (χ2v) is 7.58. The van der Waals surface area contributed by atoms with Crippen LogP contribution in [0.1, 0.15) is 90.9 Å². The number of hydrogen-bond donors (Lipinski definition) is 1. The van der Waals surface area contributed by atoms with Crippen LogP contribution >= 0.6 is 0 Å². The molecular formula is C19H42NO+. The molecule has 0 saturated carbocycles. The van der Waals surface area contributed by atoms with Crippen LogP contribution in [0.3, 0.4) is 0 Å². The predicted molar refractivity (Wildman–Crippen MR) is 94.6 cm³/mol. The second-order valence-electron chi connectivity index (χ2n) is 7.58. The number of nitrogens with zero attached hydrogens (tertiary/aromatic N) is 1. The van der Waals surface area contributed by atoms with Crippen molar-refractivity contribution in [3.8, 4) is 0 Å². The van der Waals surface area contributed by atoms with Gasteiger partial charge in [0.05, 0.1) is 20.6 Å². The van der Waals surface area contributed by atoms with E-state index in [0.29, 0.717) is 0 Å². The van der Waals surface area contributed by atoms with E-state index in [1.165, 1.54) is 83.6 Å². The maximum Gasteiger partial charge on any atom is 0.104 e. The van der Waals surface area contributed by atoms with Crippen LogP contribution in [0.4, 0.5) is 0 Å². The number of rotatable bonds is 15. The van der Waals surface area contributed by atoms with Crippen LogP contribution in [0.15, 0.2) is 0 Å². The van der Waals surface area contributed by atoms with Crippen LogP contribution in [0.25, 0.3) is 0 Å². The van der Waals surface area contributed by atoms with Gasteiger partial charge in [0.1, 0.15) is 12.6 Å². The number of aliphatic hydroxyl groups excluding tert-OH is 1. The Balaban J connectivity index is 3.22. The zero-order valence-electron chi connectivity index (χ0n) is 15.4. The van der Waals surface area contributed by atoms with E-state index in [1.54, 1.807) is 0 Å². The molecule has 0 saturated heterocycles. The van der Waals surface area contributed by atoms with Crippen LogP contribution in [0.5, 0.6) is 0 Å². The summed E-state index contributed by atoms with van der Waals surface area (Å²) in [4.78, 5) is 0. The maximum absolute atomic E-state index is 9.46. The smallest absolute Gasteiger partial charge is 0.104 e. The molecule has 0 aromatic rings. The van der Waals surface area contributed by atoms with Crippen molar-refractivity contribution in [1.29, 1.82) is 0 Å². The summed E-state index contributed by atoms with van der Waals surface area (Å²) in [7, 11) is 4.45. The van der Waals surface area contributed by atoms with Gasteiger partial charge in [0.15, 0.2) is 0 Å². The summed E-state index contributed by atoms with van der Waals surface area (Å²) in [5.41, 5.74) is 0. The SMILES string of the molecule is CCCCCCCCCCCCCC[N+](C)(C)CC(C)O. The van der Waals surface area contributed by atoms with E-state index in [1.807, 2.05) is 6.92 Å². The van der Waals surface area contributed by atoms with E-state index >= 15 is 0 Å². The van der Waals surface area contributed by atoms with Crippen molar-refractivity contribution in [3.63, 3.8) is 0 Å². The van der Waals surface area contributed by atoms with Gasteiger partial charge in [0, 0.05) is 0 Å². The molecule has 0 aliphatic carbocycles. The summed E-state index contributed by atoms with van der Waals surface area (Å²) in [5.74, 6) is 0. The summed E-state index contributed by atoms with van der Waals surface area (Å²) in [5, 5.41) is 9.46. The van der Waals surface area contributed by atoms with Gasteiger partial charge in [0.2, 0.25) is 0 Å². The zero-order chi connectivity index (χ0) is 16.0. The molecule has 0 aromatic carbocycles. The van der Waals surface area contributed by atoms with Crippen molar-refractivity contribution in [2.45, 2.75) is 97.0 Å². The molecule has 0 heterocycles. The van der Waals surface area contributed by atoms with Gasteiger partial charge >= 0.3 is 0 Å². The third-order valence-electron chi connectivity index (χ3n) is 4.38. The van der Waals surface area contributed by atoms with Crippen molar-refractivity contribution >= 4 is 0 Å². The molecule has 0 fully saturated rings. The Kier molecular flexibility index (Phi) is 13.5. The summed E-state index contributed by atoms with van der Waals surface area (Å²) in [6, 6.07) is 0. The lowest BCUT2D eigenvalue weighted by atomic mass is 10.1. The monoisotopic (exact) mass is 300 g/mol. The number of quaternary nitrogens is 1. The standard InChI is InChI=1S/C19H42NO/c1-5-6-7-8-9-10-11-12-13-14-15-16-17-20(3,4)18-19(2)21/h19,21H,5-18H2,1-4H3/q+1. The van der Waals surface area contributed by atoms with Crippen molar-refractivity contribution in [2.24, 2.45) is 0 Å². The molecule has 0 rings (SSSR count). The second kappa shape index (κ2) is 13.6. The molecule has 1 N–H and O–H groups in total. The summed E-state index contributed by atoms with van der Waals surface area (Å²) < 4.78 is 0.954. The lowest BCUT2D eigenvalue weighted by Gasteiger charge is -2.31. The van der Waals surface area contributed by atoms with Crippen LogP contribution in [0.2, 0.25) is 0 Å². The minimum Gasteiger partial charge on any atom is -0.388 e. The van der Waals surface area contributed by atoms with Crippen LogP contribution in [0, 0.1) is 0 Å². The van der Waals surface area contributed by atoms with Crippen LogP contribution < -0.4 is 0 Å². The van der Waals surface area contributed by atoms with Gasteiger partial charge in [-0.25, -0.2) is 0 Å². The van der Waals surface area contributed by atoms with E-state index in [4.69, 9.17) is 0 Å². The summed E-state index contributed by atoms with van der Waals surface area (Å²) >= 11 is 0. The third kappa shape index (κ3) is 16.1. The fourth-order valence-corrected chi connectivity index (χ4v) is 3.19. The van der Waals surface area contributed by atoms with E-state index in [9.17, 15) is 5.11 Å². The highest BCUT2D eigenvalue weighted by Gasteiger charge is 2.16. The molecule has 2 heteroatoms. The van der Waals surface area contributed by atoms with Gasteiger partial charge < -0.3 is 9.59 Å². The van der Waals surface area contributed by atoms with Crippen molar-refractivity contribution in [3.05, 3.63) is 0 Å². The number of aliphatic hydroxyl groups is 1. The first kappa shape index (κ1) is 20.9. The van der Waals surface area contributed by atoms with E-state index < -0.39 is 0 Å². The lowest BCUT2D eigenvalue weighted by molar-refractivity contribution is -0.893. The van der Waals surface area contributed by atoms with E-state index in [0.717, 1.165) is 11.0 Å². The Labute approximate surface area is 134 Å². The first-order valence-electron chi connectivity index (χ1n) is 9.48. The number of unbranched alkanes of at least 4 members (excludes halogenated alkanes) is 11. The maximum atomic E-state index is 9.46. The van der Waals surface area contributed by atoms with Crippen LogP contribution in [-0.4, -0.2) is 42.9 Å². The van der Waals surface area contributed by atoms with E-state index in [-0.39, 0.29) is 6.10 Å². The number of hydrogen-bond acceptors (Lipinski definition) is 1. The molecule has 1 unspecified atom stereocenters. The average Bonchev–Trinajstić information content (AvgIpc) is 2.38. The Morgan fingerprint density at radius 2 is 1.10 bits per heavy atom. The average molecular weight is 301 g/mol. The highest BCUT2D eigenvalue weighted by atomic mass is 16.3. The molecule has 0 bridgehead atoms. The van der Waals surface area contributed by atoms with Gasteiger partial charge in [-0.15, -0.1) is 0 Å². The minimum absolute atomic E-state index is 0.183. The predicted octanol–water partition coefficient (Wildman–Crippen LogP) is 5.14. The summed E-state index contributed by atoms with van der Waals surface area (Å²) in [6.07, 6.45) is 16.7. The molecular weight excluding hydrogens is 258 g/mol. The Morgan fingerprint density at radius 3 is 1.48 bits per heavy atom. The van der Waals surface area contributed by atoms with Gasteiger partial charge in [0.25, 0.3) is 0 Å². The van der Waals surface area contributed by atoms with Crippen molar-refractivity contribution in [1.82, 2.24) is 0 Å². The lowest BCUT2D eigenvalue weighted by Crippen LogP contribution is -2.45. The normalized spacial score (nSPS) is 13.6. The minimum atomic E-state index is -0.183. The van der Waals surface area contributed by atoms with Crippen molar-refractivity contribution in [2.75, 3.05) is 27.2 Å². The molecule has 128 valence electrons. The molecule has 0 aliphatic heterocycles. The highest BCUT2D eigenvalue weighted by molar-refractivity contribution is 4.49. The highest BCUT2D eigenvalue weighted by Crippen LogP contribution is 2.12. The molecule has 0 amide bonds. The Bertz CT molecular complexity index is 214. The first-order chi connectivity index (χ1) is 9.98. The third-order valence-corrected chi connectivity index (χ3v) is 4.38. The van der Waals surface area contributed by atoms with Gasteiger partial charge in [-0.05, 0) is 19.8 Å². The molecule has 0 radical (unpaired) electrons. The van der Waals surface area contributed by atoms with Crippen LogP contribution in [-0.2, 0) is 0 Å². The zero-order valence-corrected chi connectivity index (χ0v) is 15.4. The first-order valence-corrected chi connectivity index (χ1v) is 9.48. The summed E-state index contributed by atoms with van der Waals surface area (Å²) in [6.45, 7) is 6.24. The van der Waals surface area contributed by atoms with Gasteiger partial charge in [-0.3, -0.25) is 0 Å². The molecule has 21 heavy (non-hydrogen) atoms. The molecule has 0 spiro atoms. The number of likely N-dealkylation sites (N-methyl/N-ethyl adjacent to an activating group) is 1. The quantitative estimate of drug-likeness (QED) is 0.328. The van der Waals surface area contributed by atoms with Gasteiger partial charge in [-0.2, -0.15) is 0 Å². The Morgan fingerprint density at radius 1 is 0.714 bits per heavy atom.